The van der Waals surface area contributed by atoms with Crippen LogP contribution >= 0.6 is 23.8 Å². The summed E-state index contributed by atoms with van der Waals surface area (Å²) < 4.78 is 4.82. The average molecular weight is 366 g/mol. The Morgan fingerprint density at radius 3 is 2.75 bits per heavy atom. The third-order valence-electron chi connectivity index (χ3n) is 2.93. The van der Waals surface area contributed by atoms with Gasteiger partial charge in [0.05, 0.1) is 13.2 Å². The number of benzene rings is 1. The minimum Gasteiger partial charge on any atom is -0.464 e. The number of nitrogens with one attached hydrogen (secondary N) is 2. The van der Waals surface area contributed by atoms with Gasteiger partial charge in [-0.25, -0.2) is 10.2 Å². The van der Waals surface area contributed by atoms with E-state index in [0.29, 0.717) is 10.6 Å². The van der Waals surface area contributed by atoms with Gasteiger partial charge in [0.2, 0.25) is 4.77 Å². The van der Waals surface area contributed by atoms with E-state index in [9.17, 15) is 10.1 Å². The highest BCUT2D eigenvalue weighted by Gasteiger charge is 2.26. The molecule has 4 N–H and O–H groups in total. The first-order valence-corrected chi connectivity index (χ1v) is 7.26. The van der Waals surface area contributed by atoms with Crippen molar-refractivity contribution in [2.45, 2.75) is 5.92 Å². The summed E-state index contributed by atoms with van der Waals surface area (Å²) in [7, 11) is 1.19. The van der Waals surface area contributed by atoms with Crippen molar-refractivity contribution < 1.29 is 9.53 Å². The van der Waals surface area contributed by atoms with Gasteiger partial charge in [0.1, 0.15) is 5.92 Å². The lowest BCUT2D eigenvalue weighted by atomic mass is 9.95. The maximum Gasteiger partial charge on any atom is 0.355 e. The van der Waals surface area contributed by atoms with Crippen LogP contribution in [0.2, 0.25) is 5.02 Å². The topological polar surface area (TPSA) is 134 Å². The number of nitrogens with zero attached hydrogens (tertiary/aromatic N) is 4. The number of carbonyl (C=O) groups excluding carboxylic acids is 1. The van der Waals surface area contributed by atoms with Crippen molar-refractivity contribution in [1.29, 1.82) is 5.26 Å². The number of esters is 1. The number of hydrogen-bond donors (Lipinski definition) is 3. The van der Waals surface area contributed by atoms with E-state index in [1.165, 1.54) is 7.11 Å². The predicted molar refractivity (Wildman–Crippen MR) is 90.4 cm³/mol. The van der Waals surface area contributed by atoms with Crippen LogP contribution in [0.3, 0.4) is 0 Å². The summed E-state index contributed by atoms with van der Waals surface area (Å²) in [5.41, 5.74) is 2.84. The molecule has 1 atom stereocenters. The number of H-pyrrole nitrogens is 1. The monoisotopic (exact) mass is 365 g/mol. The molecule has 24 heavy (non-hydrogen) atoms. The Kier molecular flexibility index (Phi) is 5.51. The Labute approximate surface area is 146 Å². The smallest absolute Gasteiger partial charge is 0.355 e. The zero-order valence-electron chi connectivity index (χ0n) is 12.4. The molecule has 0 aliphatic heterocycles. The van der Waals surface area contributed by atoms with Gasteiger partial charge in [-0.2, -0.15) is 20.1 Å². The molecule has 0 radical (unpaired) electrons. The highest BCUT2D eigenvalue weighted by molar-refractivity contribution is 7.71. The van der Waals surface area contributed by atoms with Crippen molar-refractivity contribution in [3.05, 3.63) is 39.6 Å². The molecule has 0 bridgehead atoms. The van der Waals surface area contributed by atoms with E-state index < -0.39 is 11.9 Å². The van der Waals surface area contributed by atoms with Crippen LogP contribution in [0, 0.1) is 16.1 Å². The van der Waals surface area contributed by atoms with Gasteiger partial charge < -0.3 is 10.6 Å². The molecule has 1 aromatic heterocycles. The van der Waals surface area contributed by atoms with Gasteiger partial charge in [-0.15, -0.1) is 0 Å². The summed E-state index contributed by atoms with van der Waals surface area (Å²) in [5, 5.41) is 16.4. The van der Waals surface area contributed by atoms with E-state index >= 15 is 0 Å². The predicted octanol–water partition coefficient (Wildman–Crippen LogP) is 1.56. The first-order valence-electron chi connectivity index (χ1n) is 6.47. The quantitative estimate of drug-likeness (QED) is 0.240. The summed E-state index contributed by atoms with van der Waals surface area (Å²) in [4.78, 5) is 16.9. The Hall–Kier alpha value is -2.90. The second-order valence-electron chi connectivity index (χ2n) is 4.44. The minimum absolute atomic E-state index is 0.0641. The van der Waals surface area contributed by atoms with E-state index in [2.05, 4.69) is 20.6 Å². The number of rotatable bonds is 5. The van der Waals surface area contributed by atoms with Crippen molar-refractivity contribution in [2.24, 2.45) is 5.10 Å². The van der Waals surface area contributed by atoms with Crippen LogP contribution in [-0.2, 0) is 9.53 Å². The lowest BCUT2D eigenvalue weighted by molar-refractivity contribution is -0.132. The molecule has 0 aliphatic rings. The van der Waals surface area contributed by atoms with E-state index in [4.69, 9.17) is 34.4 Å². The van der Waals surface area contributed by atoms with Crippen LogP contribution in [0.25, 0.3) is 0 Å². The van der Waals surface area contributed by atoms with Crippen molar-refractivity contribution in [3.8, 4) is 6.07 Å². The molecular weight excluding hydrogens is 354 g/mol. The van der Waals surface area contributed by atoms with Gasteiger partial charge in [0.15, 0.2) is 5.71 Å². The number of hydrazone groups is 1. The molecule has 2 aromatic rings. The lowest BCUT2D eigenvalue weighted by Crippen LogP contribution is -2.25. The Balaban J connectivity index is 2.39. The van der Waals surface area contributed by atoms with Gasteiger partial charge in [0, 0.05) is 5.02 Å². The van der Waals surface area contributed by atoms with E-state index in [-0.39, 0.29) is 16.4 Å². The Morgan fingerprint density at radius 1 is 1.58 bits per heavy atom. The Bertz CT molecular complexity index is 866. The SMILES string of the molecule is COC(=O)/C(=N\Nc1nc(=S)[nH]n1N)C(C#N)c1ccc(Cl)cc1. The first-order chi connectivity index (χ1) is 11.5. The molecule has 0 saturated carbocycles. The van der Waals surface area contributed by atoms with Crippen molar-refractivity contribution in [3.63, 3.8) is 0 Å². The molecule has 2 rings (SSSR count). The molecule has 1 aromatic carbocycles. The molecule has 0 spiro atoms. The summed E-state index contributed by atoms with van der Waals surface area (Å²) in [6.07, 6.45) is 0. The molecule has 9 nitrogen and oxygen atoms in total. The van der Waals surface area contributed by atoms with Gasteiger partial charge in [-0.05, 0) is 29.9 Å². The number of aromatic amines is 1. The molecule has 0 amide bonds. The van der Waals surface area contributed by atoms with Crippen LogP contribution in [0.15, 0.2) is 29.4 Å². The fraction of sp³-hybridized carbons (Fsp3) is 0.154. The number of nitriles is 1. The Morgan fingerprint density at radius 2 is 2.25 bits per heavy atom. The highest BCUT2D eigenvalue weighted by Crippen LogP contribution is 2.20. The number of anilines is 1. The van der Waals surface area contributed by atoms with Crippen molar-refractivity contribution in [1.82, 2.24) is 14.9 Å². The van der Waals surface area contributed by atoms with Crippen LogP contribution in [-0.4, -0.2) is 33.7 Å². The third kappa shape index (κ3) is 3.89. The third-order valence-corrected chi connectivity index (χ3v) is 3.36. The number of carbonyl (C=O) groups is 1. The van der Waals surface area contributed by atoms with Crippen LogP contribution in [0.1, 0.15) is 11.5 Å². The first kappa shape index (κ1) is 17.5. The molecule has 124 valence electrons. The van der Waals surface area contributed by atoms with Crippen LogP contribution < -0.4 is 11.3 Å². The van der Waals surface area contributed by atoms with Gasteiger partial charge >= 0.3 is 5.97 Å². The zero-order chi connectivity index (χ0) is 17.7. The number of halogens is 1. The van der Waals surface area contributed by atoms with E-state index in [0.717, 1.165) is 4.79 Å². The van der Waals surface area contributed by atoms with E-state index in [1.807, 2.05) is 6.07 Å². The molecular formula is C13H12ClN7O2S. The second-order valence-corrected chi connectivity index (χ2v) is 5.26. The van der Waals surface area contributed by atoms with Gasteiger partial charge in [-0.3, -0.25) is 5.10 Å². The standard InChI is InChI=1S/C13H12ClN7O2S/c1-23-11(22)10(18-19-12-17-13(24)20-21(12)16)9(6-15)7-2-4-8(14)5-3-7/h2-5,9H,16H2,1H3,(H2,17,19,20,24)/b18-10-. The van der Waals surface area contributed by atoms with Crippen LogP contribution in [0.4, 0.5) is 5.95 Å². The summed E-state index contributed by atoms with van der Waals surface area (Å²) in [6.45, 7) is 0. The molecule has 11 heteroatoms. The number of ether oxygens (including phenoxy) is 1. The molecule has 0 saturated heterocycles. The molecule has 0 aliphatic carbocycles. The summed E-state index contributed by atoms with van der Waals surface area (Å²) in [5.74, 6) is 3.89. The number of nitrogens with two attached hydrogens (primary N) is 1. The van der Waals surface area contributed by atoms with Crippen LogP contribution in [0.5, 0.6) is 0 Å². The van der Waals surface area contributed by atoms with E-state index in [1.54, 1.807) is 24.3 Å². The van der Waals surface area contributed by atoms with Gasteiger partial charge in [-0.1, -0.05) is 23.7 Å². The van der Waals surface area contributed by atoms with Crippen molar-refractivity contribution in [2.75, 3.05) is 18.4 Å². The normalized spacial score (nSPS) is 12.3. The largest absolute Gasteiger partial charge is 0.464 e. The summed E-state index contributed by atoms with van der Waals surface area (Å²) >= 11 is 10.7. The van der Waals surface area contributed by atoms with Crippen molar-refractivity contribution >= 4 is 41.4 Å². The maximum atomic E-state index is 12.0. The number of nitrogen functional groups attached to an aromatic ring is 1. The second kappa shape index (κ2) is 7.58. The molecule has 1 unspecified atom stereocenters. The average Bonchev–Trinajstić information content (AvgIpc) is 2.89. The molecule has 0 fully saturated rings. The number of methoxy groups -OCH3 is 1. The number of hydrogen-bond acceptors (Lipinski definition) is 8. The molecule has 1 heterocycles. The van der Waals surface area contributed by atoms with Gasteiger partial charge in [0.25, 0.3) is 5.95 Å². The number of aromatic nitrogens is 3. The fourth-order valence-electron chi connectivity index (χ4n) is 1.80. The summed E-state index contributed by atoms with van der Waals surface area (Å²) in [6, 6.07) is 8.46. The fourth-order valence-corrected chi connectivity index (χ4v) is 2.11. The minimum atomic E-state index is -0.977. The zero-order valence-corrected chi connectivity index (χ0v) is 13.9. The maximum absolute atomic E-state index is 12.0. The highest BCUT2D eigenvalue weighted by atomic mass is 35.5. The lowest BCUT2D eigenvalue weighted by Gasteiger charge is -2.11.